The molecular formula is C34H48N6O4. The van der Waals surface area contributed by atoms with Gasteiger partial charge < -0.3 is 21.3 Å². The summed E-state index contributed by atoms with van der Waals surface area (Å²) >= 11 is 0. The van der Waals surface area contributed by atoms with Crippen LogP contribution in [0.1, 0.15) is 90.9 Å². The number of hydrogen-bond donors (Lipinski definition) is 4. The quantitative estimate of drug-likeness (QED) is 0.102. The highest BCUT2D eigenvalue weighted by molar-refractivity contribution is 6.27. The van der Waals surface area contributed by atoms with Crippen LogP contribution in [0.4, 0.5) is 5.69 Å². The van der Waals surface area contributed by atoms with Gasteiger partial charge in [-0.1, -0.05) is 78.1 Å². The van der Waals surface area contributed by atoms with Crippen LogP contribution >= 0.6 is 0 Å². The van der Waals surface area contributed by atoms with Crippen molar-refractivity contribution >= 4 is 38.0 Å². The van der Waals surface area contributed by atoms with Crippen molar-refractivity contribution in [2.24, 2.45) is 15.7 Å². The monoisotopic (exact) mass is 604 g/mol. The smallest absolute Gasteiger partial charge is 0.263 e. The Kier molecular flexibility index (Phi) is 10.4. The van der Waals surface area contributed by atoms with Crippen LogP contribution in [0.25, 0.3) is 32.3 Å². The summed E-state index contributed by atoms with van der Waals surface area (Å²) in [6.45, 7) is 6.70. The minimum absolute atomic E-state index is 0.140. The van der Waals surface area contributed by atoms with Gasteiger partial charge in [0.25, 0.3) is 11.1 Å². The van der Waals surface area contributed by atoms with Crippen molar-refractivity contribution in [3.63, 3.8) is 0 Å². The van der Waals surface area contributed by atoms with Crippen molar-refractivity contribution in [1.29, 1.82) is 0 Å². The standard InChI is InChI=1S/C34H48N6O4/c1-3-5-7-9-11-13-19-39-31(41)22-21-23(36-16-15-35)25-26-24(22)27(33(39)43)29-30(38-18-17-37-29)28(26)34(44)40(32(25)42)20-14-12-10-8-6-4-2/h21,36,41,44H,3-20,35H2,1-2H3. The van der Waals surface area contributed by atoms with Crippen LogP contribution in [0.2, 0.25) is 0 Å². The van der Waals surface area contributed by atoms with Crippen molar-refractivity contribution in [2.45, 2.75) is 104 Å². The lowest BCUT2D eigenvalue weighted by Gasteiger charge is -2.21. The topological polar surface area (TPSA) is 147 Å². The molecule has 44 heavy (non-hydrogen) atoms. The lowest BCUT2D eigenvalue weighted by atomic mass is 9.93. The Morgan fingerprint density at radius 2 is 1.23 bits per heavy atom. The molecule has 0 spiro atoms. The summed E-state index contributed by atoms with van der Waals surface area (Å²) in [5, 5.41) is 30.0. The largest absolute Gasteiger partial charge is 0.494 e. The molecule has 0 bridgehead atoms. The number of fused-ring (bicyclic) bond motifs is 3. The van der Waals surface area contributed by atoms with Gasteiger partial charge in [-0.15, -0.1) is 0 Å². The number of hydrogen-bond acceptors (Lipinski definition) is 8. The molecule has 1 aliphatic heterocycles. The highest BCUT2D eigenvalue weighted by atomic mass is 16.3. The Hall–Kier alpha value is -3.66. The number of rotatable bonds is 17. The molecule has 2 aromatic heterocycles. The van der Waals surface area contributed by atoms with E-state index in [1.165, 1.54) is 22.0 Å². The van der Waals surface area contributed by atoms with Gasteiger partial charge in [0.05, 0.1) is 40.0 Å². The lowest BCUT2D eigenvalue weighted by molar-refractivity contribution is 0.405. The summed E-state index contributed by atoms with van der Waals surface area (Å²) < 4.78 is 2.88. The molecule has 3 heterocycles. The average Bonchev–Trinajstić information content (AvgIpc) is 3.03. The number of nitrogens with two attached hydrogens (primary N) is 1. The van der Waals surface area contributed by atoms with Gasteiger partial charge in [-0.2, -0.15) is 0 Å². The first-order chi connectivity index (χ1) is 21.5. The molecule has 4 aromatic rings. The molecular weight excluding hydrogens is 556 g/mol. The van der Waals surface area contributed by atoms with Gasteiger partial charge in [-0.25, -0.2) is 0 Å². The Labute approximate surface area is 257 Å². The van der Waals surface area contributed by atoms with E-state index in [4.69, 9.17) is 15.7 Å². The van der Waals surface area contributed by atoms with Gasteiger partial charge in [0.15, 0.2) is 0 Å². The Bertz CT molecular complexity index is 1860. The molecule has 238 valence electrons. The van der Waals surface area contributed by atoms with Crippen LogP contribution in [-0.4, -0.2) is 45.5 Å². The Balaban J connectivity index is 1.76. The molecule has 10 nitrogen and oxygen atoms in total. The van der Waals surface area contributed by atoms with Crippen molar-refractivity contribution in [3.05, 3.63) is 37.5 Å². The average molecular weight is 605 g/mol. The number of nitrogens with zero attached hydrogens (tertiary/aromatic N) is 4. The maximum atomic E-state index is 14.2. The van der Waals surface area contributed by atoms with Crippen LogP contribution in [0.5, 0.6) is 11.8 Å². The van der Waals surface area contributed by atoms with E-state index in [9.17, 15) is 19.8 Å². The molecule has 0 radical (unpaired) electrons. The molecule has 0 unspecified atom stereocenters. The SMILES string of the molecule is CCCCCCCCn1c(O)c2c3c(c4c(=O)n(CCCCCCCC)c(O)c5cc(NCCN)c(c1=O)c2c54)=NCCN=3. The van der Waals surface area contributed by atoms with Crippen LogP contribution in [0.15, 0.2) is 25.6 Å². The third-order valence-corrected chi connectivity index (χ3v) is 8.99. The Morgan fingerprint density at radius 3 is 1.82 bits per heavy atom. The predicted octanol–water partition coefficient (Wildman–Crippen LogP) is 4.66. The number of benzene rings is 2. The first kappa shape index (κ1) is 31.8. The first-order valence-electron chi connectivity index (χ1n) is 16.7. The van der Waals surface area contributed by atoms with Gasteiger partial charge in [0, 0.05) is 48.0 Å². The molecule has 0 fully saturated rings. The highest BCUT2D eigenvalue weighted by Crippen LogP contribution is 2.40. The lowest BCUT2D eigenvalue weighted by Crippen LogP contribution is -2.38. The molecule has 2 aromatic carbocycles. The van der Waals surface area contributed by atoms with E-state index in [1.54, 1.807) is 6.07 Å². The number of nitrogens with one attached hydrogen (secondary N) is 1. The fourth-order valence-corrected chi connectivity index (χ4v) is 6.73. The zero-order valence-corrected chi connectivity index (χ0v) is 26.4. The summed E-state index contributed by atoms with van der Waals surface area (Å²) in [6.07, 6.45) is 12.6. The van der Waals surface area contributed by atoms with Crippen LogP contribution in [0.3, 0.4) is 0 Å². The maximum Gasteiger partial charge on any atom is 0.263 e. The third-order valence-electron chi connectivity index (χ3n) is 8.99. The zero-order chi connectivity index (χ0) is 31.2. The van der Waals surface area contributed by atoms with E-state index < -0.39 is 0 Å². The van der Waals surface area contributed by atoms with Gasteiger partial charge in [-0.3, -0.25) is 28.7 Å². The second kappa shape index (κ2) is 14.4. The first-order valence-corrected chi connectivity index (χ1v) is 16.7. The van der Waals surface area contributed by atoms with Crippen LogP contribution in [-0.2, 0) is 13.1 Å². The summed E-state index contributed by atoms with van der Waals surface area (Å²) in [5.41, 5.74) is 5.68. The fourth-order valence-electron chi connectivity index (χ4n) is 6.73. The summed E-state index contributed by atoms with van der Waals surface area (Å²) in [5.74, 6) is -0.304. The number of unbranched alkanes of at least 4 members (excludes halogenated alkanes) is 10. The number of aromatic hydroxyl groups is 2. The highest BCUT2D eigenvalue weighted by Gasteiger charge is 2.28. The Morgan fingerprint density at radius 1 is 0.705 bits per heavy atom. The predicted molar refractivity (Wildman–Crippen MR) is 178 cm³/mol. The molecule has 0 saturated carbocycles. The van der Waals surface area contributed by atoms with Crippen molar-refractivity contribution in [2.75, 3.05) is 31.5 Å². The maximum absolute atomic E-state index is 14.2. The molecule has 5 rings (SSSR count). The van der Waals surface area contributed by atoms with Crippen molar-refractivity contribution < 1.29 is 10.2 Å². The summed E-state index contributed by atoms with van der Waals surface area (Å²) in [4.78, 5) is 37.9. The number of anilines is 1. The van der Waals surface area contributed by atoms with E-state index >= 15 is 0 Å². The summed E-state index contributed by atoms with van der Waals surface area (Å²) in [6, 6.07) is 1.76. The van der Waals surface area contributed by atoms with Gasteiger partial charge in [-0.05, 0) is 18.9 Å². The molecule has 1 aliphatic rings. The minimum Gasteiger partial charge on any atom is -0.494 e. The molecule has 0 amide bonds. The van der Waals surface area contributed by atoms with E-state index in [2.05, 4.69) is 19.2 Å². The summed E-state index contributed by atoms with van der Waals surface area (Å²) in [7, 11) is 0. The van der Waals surface area contributed by atoms with E-state index in [0.29, 0.717) is 88.0 Å². The van der Waals surface area contributed by atoms with Crippen molar-refractivity contribution in [3.8, 4) is 11.8 Å². The molecule has 10 heteroatoms. The van der Waals surface area contributed by atoms with E-state index in [0.717, 1.165) is 64.2 Å². The van der Waals surface area contributed by atoms with E-state index in [-0.39, 0.29) is 22.9 Å². The normalized spacial score (nSPS) is 13.1. The second-order valence-corrected chi connectivity index (χ2v) is 12.1. The molecule has 0 aliphatic carbocycles. The van der Waals surface area contributed by atoms with Gasteiger partial charge >= 0.3 is 0 Å². The molecule has 0 saturated heterocycles. The van der Waals surface area contributed by atoms with Gasteiger partial charge in [0.1, 0.15) is 0 Å². The molecule has 0 atom stereocenters. The van der Waals surface area contributed by atoms with Crippen LogP contribution < -0.4 is 32.9 Å². The van der Waals surface area contributed by atoms with Crippen molar-refractivity contribution in [1.82, 2.24) is 9.13 Å². The zero-order valence-electron chi connectivity index (χ0n) is 26.4. The second-order valence-electron chi connectivity index (χ2n) is 12.1. The number of aromatic nitrogens is 2. The molecule has 5 N–H and O–H groups in total. The van der Waals surface area contributed by atoms with E-state index in [1.807, 2.05) is 0 Å². The van der Waals surface area contributed by atoms with Crippen LogP contribution in [0, 0.1) is 0 Å². The number of pyridine rings is 2. The third kappa shape index (κ3) is 5.88. The minimum atomic E-state index is -0.345. The van der Waals surface area contributed by atoms with Gasteiger partial charge in [0.2, 0.25) is 11.8 Å². The fraction of sp³-hybridized carbons (Fsp3) is 0.588.